The van der Waals surface area contributed by atoms with Gasteiger partial charge in [0.15, 0.2) is 0 Å². The molecule has 1 aliphatic carbocycles. The molecule has 1 N–H and O–H groups in total. The molecule has 0 atom stereocenters. The lowest BCUT2D eigenvalue weighted by Gasteiger charge is -2.24. The van der Waals surface area contributed by atoms with Crippen LogP contribution in [0.2, 0.25) is 0 Å². The fourth-order valence-electron chi connectivity index (χ4n) is 1.74. The first-order valence-electron chi connectivity index (χ1n) is 5.29. The smallest absolute Gasteiger partial charge is 0.224 e. The van der Waals surface area contributed by atoms with Crippen molar-refractivity contribution >= 4 is 34.2 Å². The molecular weight excluding hydrogens is 301 g/mol. The third-order valence-electron chi connectivity index (χ3n) is 2.81. The molecule has 80 valence electrons. The number of hydrogen-bond donors (Lipinski definition) is 1. The molecule has 3 heteroatoms. The van der Waals surface area contributed by atoms with Gasteiger partial charge in [-0.3, -0.25) is 4.79 Å². The van der Waals surface area contributed by atoms with E-state index in [1.54, 1.807) is 0 Å². The van der Waals surface area contributed by atoms with E-state index in [-0.39, 0.29) is 5.91 Å². The van der Waals surface area contributed by atoms with Crippen LogP contribution in [0.15, 0.2) is 24.3 Å². The maximum absolute atomic E-state index is 11.6. The number of nitrogens with one attached hydrogen (secondary N) is 1. The maximum atomic E-state index is 11.6. The van der Waals surface area contributed by atoms with Crippen molar-refractivity contribution in [2.24, 2.45) is 5.92 Å². The van der Waals surface area contributed by atoms with Gasteiger partial charge in [-0.2, -0.15) is 0 Å². The van der Waals surface area contributed by atoms with Gasteiger partial charge in [-0.05, 0) is 59.5 Å². The third-order valence-corrected chi connectivity index (χ3v) is 3.48. The number of carbonyl (C=O) groups is 1. The standard InChI is InChI=1S/C12H14INO/c13-10-5-2-6-11(8-10)14-12(15)7-9-3-1-4-9/h2,5-6,8-9H,1,3-4,7H2,(H,14,15). The largest absolute Gasteiger partial charge is 0.326 e. The van der Waals surface area contributed by atoms with E-state index in [0.717, 1.165) is 9.26 Å². The van der Waals surface area contributed by atoms with Crippen LogP contribution in [-0.2, 0) is 4.79 Å². The van der Waals surface area contributed by atoms with Gasteiger partial charge in [-0.15, -0.1) is 0 Å². The molecule has 0 aromatic heterocycles. The summed E-state index contributed by atoms with van der Waals surface area (Å²) in [6, 6.07) is 7.89. The highest BCUT2D eigenvalue weighted by molar-refractivity contribution is 14.1. The second-order valence-corrected chi connectivity index (χ2v) is 5.31. The van der Waals surface area contributed by atoms with Crippen molar-refractivity contribution in [3.8, 4) is 0 Å². The summed E-state index contributed by atoms with van der Waals surface area (Å²) < 4.78 is 1.15. The van der Waals surface area contributed by atoms with E-state index < -0.39 is 0 Å². The first kappa shape index (κ1) is 10.9. The van der Waals surface area contributed by atoms with Crippen LogP contribution in [-0.4, -0.2) is 5.91 Å². The predicted molar refractivity (Wildman–Crippen MR) is 69.7 cm³/mol. The van der Waals surface area contributed by atoms with Gasteiger partial charge >= 0.3 is 0 Å². The van der Waals surface area contributed by atoms with Gasteiger partial charge in [0.05, 0.1) is 0 Å². The molecule has 1 aromatic rings. The predicted octanol–water partition coefficient (Wildman–Crippen LogP) is 3.42. The number of amides is 1. The fourth-order valence-corrected chi connectivity index (χ4v) is 2.28. The van der Waals surface area contributed by atoms with Crippen LogP contribution in [0.4, 0.5) is 5.69 Å². The van der Waals surface area contributed by atoms with Crippen LogP contribution in [0.25, 0.3) is 0 Å². The van der Waals surface area contributed by atoms with Crippen molar-refractivity contribution in [2.75, 3.05) is 5.32 Å². The summed E-state index contributed by atoms with van der Waals surface area (Å²) in [5, 5.41) is 2.94. The SMILES string of the molecule is O=C(CC1CCC1)Nc1cccc(I)c1. The summed E-state index contributed by atoms with van der Waals surface area (Å²) in [6.45, 7) is 0. The zero-order valence-electron chi connectivity index (χ0n) is 8.50. The minimum Gasteiger partial charge on any atom is -0.326 e. The van der Waals surface area contributed by atoms with Crippen LogP contribution in [0.5, 0.6) is 0 Å². The van der Waals surface area contributed by atoms with E-state index in [1.807, 2.05) is 24.3 Å². The molecule has 0 unspecified atom stereocenters. The Kier molecular flexibility index (Phi) is 3.61. The number of hydrogen-bond acceptors (Lipinski definition) is 1. The molecule has 0 aliphatic heterocycles. The second kappa shape index (κ2) is 4.96. The highest BCUT2D eigenvalue weighted by atomic mass is 127. The van der Waals surface area contributed by atoms with Crippen molar-refractivity contribution < 1.29 is 4.79 Å². The van der Waals surface area contributed by atoms with Gasteiger partial charge in [-0.1, -0.05) is 12.5 Å². The number of halogens is 1. The Morgan fingerprint density at radius 2 is 2.27 bits per heavy atom. The molecule has 0 bridgehead atoms. The van der Waals surface area contributed by atoms with Crippen LogP contribution in [0.3, 0.4) is 0 Å². The maximum Gasteiger partial charge on any atom is 0.224 e. The van der Waals surface area contributed by atoms with Crippen molar-refractivity contribution in [3.63, 3.8) is 0 Å². The lowest BCUT2D eigenvalue weighted by molar-refractivity contribution is -0.117. The highest BCUT2D eigenvalue weighted by Crippen LogP contribution is 2.29. The van der Waals surface area contributed by atoms with Gasteiger partial charge in [0.1, 0.15) is 0 Å². The quantitative estimate of drug-likeness (QED) is 0.851. The van der Waals surface area contributed by atoms with Gasteiger partial charge < -0.3 is 5.32 Å². The lowest BCUT2D eigenvalue weighted by atomic mass is 9.83. The molecule has 1 saturated carbocycles. The average molecular weight is 315 g/mol. The molecule has 0 saturated heterocycles. The summed E-state index contributed by atoms with van der Waals surface area (Å²) in [5.41, 5.74) is 0.909. The van der Waals surface area contributed by atoms with Gasteiger partial charge in [0, 0.05) is 15.7 Å². The molecular formula is C12H14INO. The summed E-state index contributed by atoms with van der Waals surface area (Å²) in [6.07, 6.45) is 4.42. The second-order valence-electron chi connectivity index (χ2n) is 4.06. The molecule has 1 aromatic carbocycles. The van der Waals surface area contributed by atoms with Crippen LogP contribution < -0.4 is 5.32 Å². The summed E-state index contributed by atoms with van der Waals surface area (Å²) >= 11 is 2.24. The van der Waals surface area contributed by atoms with E-state index in [0.29, 0.717) is 12.3 Å². The molecule has 15 heavy (non-hydrogen) atoms. The Hall–Kier alpha value is -0.580. The van der Waals surface area contributed by atoms with Crippen molar-refractivity contribution in [3.05, 3.63) is 27.8 Å². The Balaban J connectivity index is 1.87. The molecule has 1 aliphatic rings. The van der Waals surface area contributed by atoms with Crippen LogP contribution in [0.1, 0.15) is 25.7 Å². The molecule has 0 heterocycles. The third kappa shape index (κ3) is 3.19. The van der Waals surface area contributed by atoms with E-state index in [2.05, 4.69) is 27.9 Å². The topological polar surface area (TPSA) is 29.1 Å². The molecule has 0 radical (unpaired) electrons. The Morgan fingerprint density at radius 1 is 1.47 bits per heavy atom. The number of anilines is 1. The summed E-state index contributed by atoms with van der Waals surface area (Å²) in [7, 11) is 0. The summed E-state index contributed by atoms with van der Waals surface area (Å²) in [5.74, 6) is 0.787. The van der Waals surface area contributed by atoms with E-state index in [1.165, 1.54) is 19.3 Å². The lowest BCUT2D eigenvalue weighted by Crippen LogP contribution is -2.20. The minimum absolute atomic E-state index is 0.154. The van der Waals surface area contributed by atoms with Gasteiger partial charge in [-0.25, -0.2) is 0 Å². The Bertz CT molecular complexity index is 360. The minimum atomic E-state index is 0.154. The van der Waals surface area contributed by atoms with E-state index >= 15 is 0 Å². The Labute approximate surface area is 104 Å². The Morgan fingerprint density at radius 3 is 2.87 bits per heavy atom. The normalized spacial score (nSPS) is 15.8. The van der Waals surface area contributed by atoms with Crippen molar-refractivity contribution in [1.82, 2.24) is 0 Å². The van der Waals surface area contributed by atoms with E-state index in [4.69, 9.17) is 0 Å². The molecule has 2 nitrogen and oxygen atoms in total. The molecule has 1 fully saturated rings. The monoisotopic (exact) mass is 315 g/mol. The average Bonchev–Trinajstić information content (AvgIpc) is 2.11. The van der Waals surface area contributed by atoms with Gasteiger partial charge in [0.25, 0.3) is 0 Å². The fraction of sp³-hybridized carbons (Fsp3) is 0.417. The zero-order chi connectivity index (χ0) is 10.7. The summed E-state index contributed by atoms with van der Waals surface area (Å²) in [4.78, 5) is 11.6. The molecule has 1 amide bonds. The van der Waals surface area contributed by atoms with E-state index in [9.17, 15) is 4.79 Å². The van der Waals surface area contributed by atoms with Crippen LogP contribution >= 0.6 is 22.6 Å². The molecule has 2 rings (SSSR count). The highest BCUT2D eigenvalue weighted by Gasteiger charge is 2.20. The van der Waals surface area contributed by atoms with Crippen molar-refractivity contribution in [1.29, 1.82) is 0 Å². The van der Waals surface area contributed by atoms with Crippen LogP contribution in [0, 0.1) is 9.49 Å². The first-order valence-corrected chi connectivity index (χ1v) is 6.37. The number of benzene rings is 1. The molecule has 0 spiro atoms. The number of carbonyl (C=O) groups excluding carboxylic acids is 1. The number of rotatable bonds is 3. The zero-order valence-corrected chi connectivity index (χ0v) is 10.7. The van der Waals surface area contributed by atoms with Gasteiger partial charge in [0.2, 0.25) is 5.91 Å². The van der Waals surface area contributed by atoms with Crippen molar-refractivity contribution in [2.45, 2.75) is 25.7 Å². The first-order chi connectivity index (χ1) is 7.24.